The molecule has 1 fully saturated rings. The van der Waals surface area contributed by atoms with Crippen LogP contribution in [0.25, 0.3) is 0 Å². The molecule has 1 aliphatic rings. The van der Waals surface area contributed by atoms with E-state index in [-0.39, 0.29) is 0 Å². The topological polar surface area (TPSA) is 58.4 Å². The van der Waals surface area contributed by atoms with Crippen molar-refractivity contribution >= 4 is 6.41 Å². The molecule has 76 valence electrons. The maximum absolute atomic E-state index is 10.2. The van der Waals surface area contributed by atoms with Crippen LogP contribution in [0, 0.1) is 0 Å². The third-order valence-corrected chi connectivity index (χ3v) is 2.49. The van der Waals surface area contributed by atoms with Gasteiger partial charge >= 0.3 is 0 Å². The Labute approximate surface area is 79.5 Å². The molecule has 4 nitrogen and oxygen atoms in total. The van der Waals surface area contributed by atoms with Crippen molar-refractivity contribution in [2.24, 2.45) is 5.73 Å². The predicted octanol–water partition coefficient (Wildman–Crippen LogP) is -0.454. The van der Waals surface area contributed by atoms with Crippen LogP contribution in [0.5, 0.6) is 0 Å². The van der Waals surface area contributed by atoms with E-state index >= 15 is 0 Å². The van der Waals surface area contributed by atoms with Crippen LogP contribution in [0.2, 0.25) is 0 Å². The number of amides is 1. The summed E-state index contributed by atoms with van der Waals surface area (Å²) >= 11 is 0. The zero-order chi connectivity index (χ0) is 9.52. The number of nitrogens with one attached hydrogen (secondary N) is 1. The molecule has 1 saturated heterocycles. The third kappa shape index (κ3) is 3.74. The summed E-state index contributed by atoms with van der Waals surface area (Å²) < 4.78 is 0. The second kappa shape index (κ2) is 5.94. The highest BCUT2D eigenvalue weighted by Gasteiger charge is 2.17. The van der Waals surface area contributed by atoms with Crippen molar-refractivity contribution in [2.75, 3.05) is 26.2 Å². The molecule has 0 saturated carbocycles. The lowest BCUT2D eigenvalue weighted by Gasteiger charge is -2.32. The van der Waals surface area contributed by atoms with Crippen LogP contribution in [0.3, 0.4) is 0 Å². The Bertz CT molecular complexity index is 152. The summed E-state index contributed by atoms with van der Waals surface area (Å²) in [5, 5.41) is 2.84. The van der Waals surface area contributed by atoms with Gasteiger partial charge in [-0.25, -0.2) is 0 Å². The maximum atomic E-state index is 10.2. The SMILES string of the molecule is NCCCN1CCC[C@H](NC=O)C1. The van der Waals surface area contributed by atoms with E-state index in [9.17, 15) is 4.79 Å². The maximum Gasteiger partial charge on any atom is 0.207 e. The van der Waals surface area contributed by atoms with E-state index in [1.54, 1.807) is 0 Å². The van der Waals surface area contributed by atoms with Gasteiger partial charge in [-0.2, -0.15) is 0 Å². The monoisotopic (exact) mass is 185 g/mol. The molecule has 0 aliphatic carbocycles. The van der Waals surface area contributed by atoms with Crippen molar-refractivity contribution < 1.29 is 4.79 Å². The van der Waals surface area contributed by atoms with Gasteiger partial charge in [0.1, 0.15) is 0 Å². The summed E-state index contributed by atoms with van der Waals surface area (Å²) in [6, 6.07) is 0.351. The first-order valence-electron chi connectivity index (χ1n) is 4.99. The van der Waals surface area contributed by atoms with Gasteiger partial charge in [0, 0.05) is 12.6 Å². The van der Waals surface area contributed by atoms with E-state index in [1.807, 2.05) is 0 Å². The number of carbonyl (C=O) groups excluding carboxylic acids is 1. The van der Waals surface area contributed by atoms with Crippen LogP contribution >= 0.6 is 0 Å². The van der Waals surface area contributed by atoms with Crippen LogP contribution in [0.1, 0.15) is 19.3 Å². The molecule has 0 aromatic carbocycles. The van der Waals surface area contributed by atoms with Crippen molar-refractivity contribution in [3.8, 4) is 0 Å². The highest BCUT2D eigenvalue weighted by Crippen LogP contribution is 2.09. The normalized spacial score (nSPS) is 24.2. The Balaban J connectivity index is 2.20. The van der Waals surface area contributed by atoms with Crippen LogP contribution in [-0.2, 0) is 4.79 Å². The van der Waals surface area contributed by atoms with Gasteiger partial charge in [0.2, 0.25) is 6.41 Å². The van der Waals surface area contributed by atoms with E-state index in [1.165, 1.54) is 6.42 Å². The highest BCUT2D eigenvalue weighted by molar-refractivity contribution is 5.46. The van der Waals surface area contributed by atoms with E-state index in [0.29, 0.717) is 6.04 Å². The zero-order valence-electron chi connectivity index (χ0n) is 8.04. The second-order valence-corrected chi connectivity index (χ2v) is 3.57. The second-order valence-electron chi connectivity index (χ2n) is 3.57. The molecule has 1 atom stereocenters. The molecule has 0 aromatic rings. The summed E-state index contributed by atoms with van der Waals surface area (Å²) in [4.78, 5) is 12.6. The van der Waals surface area contributed by atoms with Crippen molar-refractivity contribution in [1.82, 2.24) is 10.2 Å². The van der Waals surface area contributed by atoms with Gasteiger partial charge in [-0.05, 0) is 38.9 Å². The number of nitrogens with two attached hydrogens (primary N) is 1. The zero-order valence-corrected chi connectivity index (χ0v) is 8.04. The summed E-state index contributed by atoms with van der Waals surface area (Å²) in [5.74, 6) is 0. The minimum atomic E-state index is 0.351. The number of likely N-dealkylation sites (tertiary alicyclic amines) is 1. The fraction of sp³-hybridized carbons (Fsp3) is 0.889. The van der Waals surface area contributed by atoms with E-state index in [0.717, 1.165) is 45.4 Å². The van der Waals surface area contributed by atoms with Gasteiger partial charge in [0.05, 0.1) is 0 Å². The first kappa shape index (κ1) is 10.5. The molecule has 1 amide bonds. The molecule has 13 heavy (non-hydrogen) atoms. The third-order valence-electron chi connectivity index (χ3n) is 2.49. The minimum absolute atomic E-state index is 0.351. The molecule has 0 spiro atoms. The summed E-state index contributed by atoms with van der Waals surface area (Å²) in [7, 11) is 0. The lowest BCUT2D eigenvalue weighted by atomic mass is 10.1. The predicted molar refractivity (Wildman–Crippen MR) is 52.3 cm³/mol. The lowest BCUT2D eigenvalue weighted by molar-refractivity contribution is -0.110. The summed E-state index contributed by atoms with van der Waals surface area (Å²) in [6.45, 7) is 3.95. The van der Waals surface area contributed by atoms with Gasteiger partial charge < -0.3 is 16.0 Å². The van der Waals surface area contributed by atoms with Gasteiger partial charge in [0.25, 0.3) is 0 Å². The van der Waals surface area contributed by atoms with Gasteiger partial charge in [-0.1, -0.05) is 0 Å². The standard InChI is InChI=1S/C9H19N3O/c10-4-2-6-12-5-1-3-9(7-12)11-8-13/h8-9H,1-7,10H2,(H,11,13)/t9-/m0/s1. The Morgan fingerprint density at radius 3 is 3.15 bits per heavy atom. The molecule has 0 unspecified atom stereocenters. The smallest absolute Gasteiger partial charge is 0.207 e. The largest absolute Gasteiger partial charge is 0.355 e. The number of hydrogen-bond acceptors (Lipinski definition) is 3. The number of piperidine rings is 1. The van der Waals surface area contributed by atoms with Crippen LogP contribution in [-0.4, -0.2) is 43.5 Å². The molecule has 3 N–H and O–H groups in total. The lowest BCUT2D eigenvalue weighted by Crippen LogP contribution is -2.45. The Morgan fingerprint density at radius 2 is 2.46 bits per heavy atom. The Hall–Kier alpha value is -0.610. The number of nitrogens with zero attached hydrogens (tertiary/aromatic N) is 1. The molecule has 1 rings (SSSR count). The van der Waals surface area contributed by atoms with E-state index in [4.69, 9.17) is 5.73 Å². The number of carbonyl (C=O) groups is 1. The van der Waals surface area contributed by atoms with Crippen molar-refractivity contribution in [3.05, 3.63) is 0 Å². The average molecular weight is 185 g/mol. The van der Waals surface area contributed by atoms with Gasteiger partial charge in [-0.3, -0.25) is 4.79 Å². The van der Waals surface area contributed by atoms with E-state index in [2.05, 4.69) is 10.2 Å². The molecule has 0 bridgehead atoms. The Kier molecular flexibility index (Phi) is 4.78. The van der Waals surface area contributed by atoms with Crippen LogP contribution in [0.15, 0.2) is 0 Å². The van der Waals surface area contributed by atoms with Crippen LogP contribution < -0.4 is 11.1 Å². The van der Waals surface area contributed by atoms with Gasteiger partial charge in [0.15, 0.2) is 0 Å². The summed E-state index contributed by atoms with van der Waals surface area (Å²) in [6.07, 6.45) is 4.14. The average Bonchev–Trinajstić information content (AvgIpc) is 2.16. The molecule has 1 heterocycles. The molecule has 0 radical (unpaired) electrons. The quantitative estimate of drug-likeness (QED) is 0.570. The molecular formula is C9H19N3O. The fourth-order valence-corrected chi connectivity index (χ4v) is 1.81. The fourth-order valence-electron chi connectivity index (χ4n) is 1.81. The highest BCUT2D eigenvalue weighted by atomic mass is 16.1. The van der Waals surface area contributed by atoms with Crippen molar-refractivity contribution in [2.45, 2.75) is 25.3 Å². The molecule has 4 heteroatoms. The molecule has 1 aliphatic heterocycles. The van der Waals surface area contributed by atoms with Crippen molar-refractivity contribution in [3.63, 3.8) is 0 Å². The first-order valence-corrected chi connectivity index (χ1v) is 4.99. The molecule has 0 aromatic heterocycles. The number of rotatable bonds is 5. The van der Waals surface area contributed by atoms with Crippen molar-refractivity contribution in [1.29, 1.82) is 0 Å². The van der Waals surface area contributed by atoms with Crippen LogP contribution in [0.4, 0.5) is 0 Å². The van der Waals surface area contributed by atoms with E-state index < -0.39 is 0 Å². The summed E-state index contributed by atoms with van der Waals surface area (Å²) in [5.41, 5.74) is 5.44. The molecular weight excluding hydrogens is 166 g/mol. The number of hydrogen-bond donors (Lipinski definition) is 2. The van der Waals surface area contributed by atoms with Gasteiger partial charge in [-0.15, -0.1) is 0 Å². The first-order chi connectivity index (χ1) is 6.36. The minimum Gasteiger partial charge on any atom is -0.355 e. The Morgan fingerprint density at radius 1 is 1.62 bits per heavy atom.